The lowest BCUT2D eigenvalue weighted by Gasteiger charge is -2.11. The molecule has 0 amide bonds. The lowest BCUT2D eigenvalue weighted by atomic mass is 10.0. The third-order valence-corrected chi connectivity index (χ3v) is 3.94. The molecule has 3 rings (SSSR count). The molecule has 0 N–H and O–H groups in total. The number of aryl methyl sites for hydroxylation is 1. The Labute approximate surface area is 109 Å². The van der Waals surface area contributed by atoms with Gasteiger partial charge in [0.05, 0.1) is 5.02 Å². The maximum absolute atomic E-state index is 13.8. The first-order valence-electron chi connectivity index (χ1n) is 6.13. The van der Waals surface area contributed by atoms with Gasteiger partial charge >= 0.3 is 0 Å². The third kappa shape index (κ3) is 1.77. The molecule has 0 bridgehead atoms. The molecule has 0 unspecified atom stereocenters. The molecule has 1 heterocycles. The molecule has 0 saturated heterocycles. The summed E-state index contributed by atoms with van der Waals surface area (Å²) < 4.78 is 27.0. The van der Waals surface area contributed by atoms with Crippen LogP contribution in [0.25, 0.3) is 10.9 Å². The predicted octanol–water partition coefficient (Wildman–Crippen LogP) is 4.44. The number of aromatic nitrogens is 1. The van der Waals surface area contributed by atoms with Crippen LogP contribution in [0.2, 0.25) is 5.02 Å². The molecular formula is C14H12ClF2N. The molecule has 0 aliphatic heterocycles. The van der Waals surface area contributed by atoms with Gasteiger partial charge in [-0.25, -0.2) is 13.8 Å². The highest BCUT2D eigenvalue weighted by Crippen LogP contribution is 2.33. The normalized spacial score (nSPS) is 15.5. The standard InChI is InChI=1S/C14H12ClF2N/c15-12-8-4-2-1-3-5-11(8)18-14-9(12)6-7-10(16)13(14)17/h6-7H,1-5H2. The molecule has 1 aromatic carbocycles. The molecule has 0 radical (unpaired) electrons. The van der Waals surface area contributed by atoms with E-state index >= 15 is 0 Å². The Bertz CT molecular complexity index is 625. The van der Waals surface area contributed by atoms with Crippen molar-refractivity contribution in [2.24, 2.45) is 0 Å². The predicted molar refractivity (Wildman–Crippen MR) is 67.9 cm³/mol. The maximum Gasteiger partial charge on any atom is 0.185 e. The minimum atomic E-state index is -0.901. The van der Waals surface area contributed by atoms with Crippen molar-refractivity contribution in [3.63, 3.8) is 0 Å². The quantitative estimate of drug-likeness (QED) is 0.643. The van der Waals surface area contributed by atoms with Crippen LogP contribution in [0.4, 0.5) is 8.78 Å². The van der Waals surface area contributed by atoms with Crippen LogP contribution in [0.15, 0.2) is 12.1 Å². The van der Waals surface area contributed by atoms with Gasteiger partial charge in [-0.05, 0) is 43.4 Å². The number of hydrogen-bond acceptors (Lipinski definition) is 1. The highest BCUT2D eigenvalue weighted by Gasteiger charge is 2.19. The van der Waals surface area contributed by atoms with E-state index < -0.39 is 11.6 Å². The zero-order valence-electron chi connectivity index (χ0n) is 9.77. The zero-order valence-corrected chi connectivity index (χ0v) is 10.5. The van der Waals surface area contributed by atoms with Gasteiger partial charge in [0.2, 0.25) is 0 Å². The largest absolute Gasteiger partial charge is 0.249 e. The van der Waals surface area contributed by atoms with Crippen LogP contribution in [0.3, 0.4) is 0 Å². The second-order valence-electron chi connectivity index (χ2n) is 4.67. The summed E-state index contributed by atoms with van der Waals surface area (Å²) in [4.78, 5) is 4.30. The van der Waals surface area contributed by atoms with Gasteiger partial charge in [0.15, 0.2) is 11.6 Å². The topological polar surface area (TPSA) is 12.9 Å². The molecule has 1 aliphatic carbocycles. The molecule has 1 aromatic heterocycles. The Morgan fingerprint density at radius 3 is 2.67 bits per heavy atom. The van der Waals surface area contributed by atoms with Crippen molar-refractivity contribution in [1.29, 1.82) is 0 Å². The molecular weight excluding hydrogens is 256 g/mol. The van der Waals surface area contributed by atoms with E-state index in [1.807, 2.05) is 0 Å². The maximum atomic E-state index is 13.8. The van der Waals surface area contributed by atoms with Crippen molar-refractivity contribution in [2.45, 2.75) is 32.1 Å². The van der Waals surface area contributed by atoms with Gasteiger partial charge in [0.25, 0.3) is 0 Å². The van der Waals surface area contributed by atoms with Crippen LogP contribution >= 0.6 is 11.6 Å². The van der Waals surface area contributed by atoms with Crippen molar-refractivity contribution >= 4 is 22.5 Å². The van der Waals surface area contributed by atoms with E-state index in [-0.39, 0.29) is 5.52 Å². The number of rotatable bonds is 0. The van der Waals surface area contributed by atoms with Crippen LogP contribution in [-0.2, 0) is 12.8 Å². The monoisotopic (exact) mass is 267 g/mol. The Hall–Kier alpha value is -1.22. The fourth-order valence-electron chi connectivity index (χ4n) is 2.55. The van der Waals surface area contributed by atoms with E-state index in [2.05, 4.69) is 4.98 Å². The molecule has 94 valence electrons. The average molecular weight is 268 g/mol. The highest BCUT2D eigenvalue weighted by atomic mass is 35.5. The van der Waals surface area contributed by atoms with Gasteiger partial charge in [-0.3, -0.25) is 0 Å². The third-order valence-electron chi connectivity index (χ3n) is 3.51. The zero-order chi connectivity index (χ0) is 12.7. The van der Waals surface area contributed by atoms with Gasteiger partial charge in [0, 0.05) is 11.1 Å². The van der Waals surface area contributed by atoms with Gasteiger partial charge in [0.1, 0.15) is 5.52 Å². The first-order valence-corrected chi connectivity index (χ1v) is 6.51. The number of pyridine rings is 1. The Morgan fingerprint density at radius 1 is 1.06 bits per heavy atom. The van der Waals surface area contributed by atoms with Crippen LogP contribution in [0.5, 0.6) is 0 Å². The number of halogens is 3. The first-order chi connectivity index (χ1) is 8.68. The summed E-state index contributed by atoms with van der Waals surface area (Å²) in [6, 6.07) is 2.61. The number of fused-ring (bicyclic) bond motifs is 2. The van der Waals surface area contributed by atoms with Gasteiger partial charge in [-0.2, -0.15) is 0 Å². The number of benzene rings is 1. The Balaban J connectivity index is 2.34. The van der Waals surface area contributed by atoms with Crippen LogP contribution in [-0.4, -0.2) is 4.98 Å². The SMILES string of the molecule is Fc1ccc2c(Cl)c3c(nc2c1F)CCCCC3. The summed E-state index contributed by atoms with van der Waals surface area (Å²) in [5.74, 6) is -1.78. The van der Waals surface area contributed by atoms with E-state index in [0.717, 1.165) is 49.4 Å². The van der Waals surface area contributed by atoms with Crippen molar-refractivity contribution in [1.82, 2.24) is 4.98 Å². The van der Waals surface area contributed by atoms with E-state index in [1.165, 1.54) is 6.07 Å². The first kappa shape index (κ1) is 11.8. The Morgan fingerprint density at radius 2 is 1.83 bits per heavy atom. The lowest BCUT2D eigenvalue weighted by Crippen LogP contribution is -2.00. The molecule has 0 atom stereocenters. The summed E-state index contributed by atoms with van der Waals surface area (Å²) in [7, 11) is 0. The lowest BCUT2D eigenvalue weighted by molar-refractivity contribution is 0.515. The summed E-state index contributed by atoms with van der Waals surface area (Å²) in [5.41, 5.74) is 1.89. The van der Waals surface area contributed by atoms with E-state index in [1.54, 1.807) is 0 Å². The van der Waals surface area contributed by atoms with E-state index in [0.29, 0.717) is 10.4 Å². The van der Waals surface area contributed by atoms with Crippen molar-refractivity contribution in [2.75, 3.05) is 0 Å². The fourth-order valence-corrected chi connectivity index (χ4v) is 2.91. The molecule has 1 aliphatic rings. The summed E-state index contributed by atoms with van der Waals surface area (Å²) in [6.45, 7) is 0. The Kier molecular flexibility index (Phi) is 2.94. The second-order valence-corrected chi connectivity index (χ2v) is 5.05. The van der Waals surface area contributed by atoms with Gasteiger partial charge in [-0.1, -0.05) is 18.0 Å². The van der Waals surface area contributed by atoms with Crippen LogP contribution < -0.4 is 0 Å². The summed E-state index contributed by atoms with van der Waals surface area (Å²) in [5, 5.41) is 1.05. The molecule has 1 nitrogen and oxygen atoms in total. The fraction of sp³-hybridized carbons (Fsp3) is 0.357. The van der Waals surface area contributed by atoms with Crippen molar-refractivity contribution in [3.8, 4) is 0 Å². The van der Waals surface area contributed by atoms with Crippen molar-refractivity contribution in [3.05, 3.63) is 40.0 Å². The van der Waals surface area contributed by atoms with Crippen LogP contribution in [0, 0.1) is 11.6 Å². The number of nitrogens with zero attached hydrogens (tertiary/aromatic N) is 1. The molecule has 0 saturated carbocycles. The van der Waals surface area contributed by atoms with Crippen molar-refractivity contribution < 1.29 is 8.78 Å². The summed E-state index contributed by atoms with van der Waals surface area (Å²) in [6.07, 6.45) is 4.89. The molecule has 2 aromatic rings. The molecule has 0 spiro atoms. The minimum Gasteiger partial charge on any atom is -0.249 e. The average Bonchev–Trinajstić information content (AvgIpc) is 2.60. The smallest absolute Gasteiger partial charge is 0.185 e. The molecule has 18 heavy (non-hydrogen) atoms. The second kappa shape index (κ2) is 4.47. The highest BCUT2D eigenvalue weighted by molar-refractivity contribution is 6.36. The number of hydrogen-bond donors (Lipinski definition) is 0. The summed E-state index contributed by atoms with van der Waals surface area (Å²) >= 11 is 6.33. The molecule has 4 heteroatoms. The minimum absolute atomic E-state index is 0.0562. The van der Waals surface area contributed by atoms with Crippen LogP contribution in [0.1, 0.15) is 30.5 Å². The van der Waals surface area contributed by atoms with E-state index in [4.69, 9.17) is 11.6 Å². The van der Waals surface area contributed by atoms with Gasteiger partial charge < -0.3 is 0 Å². The van der Waals surface area contributed by atoms with Gasteiger partial charge in [-0.15, -0.1) is 0 Å². The van der Waals surface area contributed by atoms with E-state index in [9.17, 15) is 8.78 Å². The molecule has 0 fully saturated rings.